The summed E-state index contributed by atoms with van der Waals surface area (Å²) in [6.07, 6.45) is 1.54. The highest BCUT2D eigenvalue weighted by Gasteiger charge is 2.12. The van der Waals surface area contributed by atoms with Crippen molar-refractivity contribution in [2.24, 2.45) is 5.73 Å². The van der Waals surface area contributed by atoms with Crippen molar-refractivity contribution < 1.29 is 4.74 Å². The van der Waals surface area contributed by atoms with E-state index >= 15 is 0 Å². The molecule has 2 aromatic rings. The van der Waals surface area contributed by atoms with Crippen molar-refractivity contribution in [2.75, 3.05) is 17.6 Å². The van der Waals surface area contributed by atoms with Gasteiger partial charge in [0, 0.05) is 29.6 Å². The molecule has 1 heterocycles. The Bertz CT molecular complexity index is 611. The first-order valence-electron chi connectivity index (χ1n) is 7.07. The Morgan fingerprint density at radius 2 is 2.18 bits per heavy atom. The number of anilines is 1. The van der Waals surface area contributed by atoms with Gasteiger partial charge in [0.2, 0.25) is 5.88 Å². The summed E-state index contributed by atoms with van der Waals surface area (Å²) in [6.45, 7) is 2.57. The van der Waals surface area contributed by atoms with E-state index in [9.17, 15) is 0 Å². The summed E-state index contributed by atoms with van der Waals surface area (Å²) in [4.78, 5) is 4.29. The molecular weight excluding hydrogens is 318 g/mol. The van der Waals surface area contributed by atoms with Gasteiger partial charge in [0.25, 0.3) is 0 Å². The zero-order chi connectivity index (χ0) is 15.9. The number of halogens is 1. The van der Waals surface area contributed by atoms with Crippen LogP contribution in [0.4, 0.5) is 5.69 Å². The number of nitrogens with one attached hydrogen (secondary N) is 1. The van der Waals surface area contributed by atoms with E-state index in [1.54, 1.807) is 6.20 Å². The average molecular weight is 338 g/mol. The monoisotopic (exact) mass is 337 g/mol. The molecule has 0 saturated heterocycles. The molecule has 2 unspecified atom stereocenters. The first-order valence-corrected chi connectivity index (χ1v) is 8.08. The summed E-state index contributed by atoms with van der Waals surface area (Å²) in [5, 5.41) is 3.93. The van der Waals surface area contributed by atoms with Gasteiger partial charge in [0.05, 0.1) is 5.69 Å². The fraction of sp³-hybridized carbons (Fsp3) is 0.312. The van der Waals surface area contributed by atoms with E-state index in [2.05, 4.69) is 22.9 Å². The van der Waals surface area contributed by atoms with E-state index in [0.717, 1.165) is 11.3 Å². The SMILES string of the molecule is CC(Oc1ncccc1NCC(N)CS)c1cccc(Cl)c1. The van der Waals surface area contributed by atoms with Crippen molar-refractivity contribution in [3.63, 3.8) is 0 Å². The van der Waals surface area contributed by atoms with Gasteiger partial charge in [-0.15, -0.1) is 0 Å². The summed E-state index contributed by atoms with van der Waals surface area (Å²) in [6, 6.07) is 11.3. The highest BCUT2D eigenvalue weighted by molar-refractivity contribution is 7.80. The lowest BCUT2D eigenvalue weighted by molar-refractivity contribution is 0.219. The highest BCUT2D eigenvalue weighted by Crippen LogP contribution is 2.27. The maximum absolute atomic E-state index is 6.02. The Morgan fingerprint density at radius 1 is 1.36 bits per heavy atom. The Kier molecular flexibility index (Phi) is 6.36. The van der Waals surface area contributed by atoms with Crippen molar-refractivity contribution in [2.45, 2.75) is 19.1 Å². The van der Waals surface area contributed by atoms with Crippen LogP contribution < -0.4 is 15.8 Å². The van der Waals surface area contributed by atoms with Gasteiger partial charge < -0.3 is 15.8 Å². The lowest BCUT2D eigenvalue weighted by atomic mass is 10.1. The van der Waals surface area contributed by atoms with Crippen LogP contribution in [0.2, 0.25) is 5.02 Å². The lowest BCUT2D eigenvalue weighted by Crippen LogP contribution is -2.30. The predicted octanol–water partition coefficient (Wildman–Crippen LogP) is 3.54. The van der Waals surface area contributed by atoms with Crippen molar-refractivity contribution >= 4 is 29.9 Å². The number of ether oxygens (including phenoxy) is 1. The van der Waals surface area contributed by atoms with Crippen molar-refractivity contribution in [1.82, 2.24) is 4.98 Å². The Hall–Kier alpha value is -1.43. The fourth-order valence-corrected chi connectivity index (χ4v) is 2.25. The molecule has 4 nitrogen and oxygen atoms in total. The van der Waals surface area contributed by atoms with E-state index in [-0.39, 0.29) is 12.1 Å². The van der Waals surface area contributed by atoms with Crippen LogP contribution in [0, 0.1) is 0 Å². The van der Waals surface area contributed by atoms with Crippen LogP contribution in [0.1, 0.15) is 18.6 Å². The number of nitrogens with zero attached hydrogens (tertiary/aromatic N) is 1. The van der Waals surface area contributed by atoms with E-state index in [1.807, 2.05) is 43.3 Å². The van der Waals surface area contributed by atoms with Gasteiger partial charge >= 0.3 is 0 Å². The first-order chi connectivity index (χ1) is 10.6. The molecule has 0 bridgehead atoms. The van der Waals surface area contributed by atoms with Crippen LogP contribution in [-0.2, 0) is 0 Å². The van der Waals surface area contributed by atoms with Crippen LogP contribution in [-0.4, -0.2) is 23.3 Å². The van der Waals surface area contributed by atoms with Gasteiger partial charge in [-0.25, -0.2) is 4.98 Å². The lowest BCUT2D eigenvalue weighted by Gasteiger charge is -2.18. The highest BCUT2D eigenvalue weighted by atomic mass is 35.5. The van der Waals surface area contributed by atoms with Crippen LogP contribution in [0.15, 0.2) is 42.6 Å². The molecule has 3 N–H and O–H groups in total. The van der Waals surface area contributed by atoms with Crippen molar-refractivity contribution in [1.29, 1.82) is 0 Å². The quantitative estimate of drug-likeness (QED) is 0.676. The molecule has 118 valence electrons. The van der Waals surface area contributed by atoms with Gasteiger partial charge in [0.15, 0.2) is 0 Å². The number of rotatable bonds is 7. The van der Waals surface area contributed by atoms with Crippen LogP contribution in [0.25, 0.3) is 0 Å². The van der Waals surface area contributed by atoms with Crippen molar-refractivity contribution in [3.05, 3.63) is 53.2 Å². The van der Waals surface area contributed by atoms with Gasteiger partial charge in [0.1, 0.15) is 6.10 Å². The molecule has 22 heavy (non-hydrogen) atoms. The van der Waals surface area contributed by atoms with E-state index in [0.29, 0.717) is 23.2 Å². The molecular formula is C16H20ClN3OS. The third-order valence-corrected chi connectivity index (χ3v) is 3.87. The minimum atomic E-state index is -0.160. The maximum atomic E-state index is 6.02. The van der Waals surface area contributed by atoms with Gasteiger partial charge in [-0.2, -0.15) is 12.6 Å². The second-order valence-corrected chi connectivity index (χ2v) is 5.80. The molecule has 0 radical (unpaired) electrons. The molecule has 0 aliphatic carbocycles. The molecule has 0 spiro atoms. The second-order valence-electron chi connectivity index (χ2n) is 4.99. The second kappa shape index (κ2) is 8.27. The molecule has 0 amide bonds. The average Bonchev–Trinajstić information content (AvgIpc) is 2.53. The number of benzene rings is 1. The number of pyridine rings is 1. The minimum Gasteiger partial charge on any atom is -0.468 e. The summed E-state index contributed by atoms with van der Waals surface area (Å²) in [7, 11) is 0. The molecule has 0 saturated carbocycles. The largest absolute Gasteiger partial charge is 0.468 e. The summed E-state index contributed by atoms with van der Waals surface area (Å²) < 4.78 is 5.96. The number of nitrogens with two attached hydrogens (primary N) is 1. The third kappa shape index (κ3) is 4.80. The van der Waals surface area contributed by atoms with Gasteiger partial charge in [-0.05, 0) is 36.8 Å². The van der Waals surface area contributed by atoms with Crippen LogP contribution >= 0.6 is 24.2 Å². The molecule has 2 rings (SSSR count). The summed E-state index contributed by atoms with van der Waals surface area (Å²) in [5.74, 6) is 1.16. The Morgan fingerprint density at radius 3 is 2.91 bits per heavy atom. The third-order valence-electron chi connectivity index (χ3n) is 3.17. The summed E-state index contributed by atoms with van der Waals surface area (Å²) >= 11 is 10.2. The van der Waals surface area contributed by atoms with Crippen LogP contribution in [0.3, 0.4) is 0 Å². The standard InChI is InChI=1S/C16H20ClN3OS/c1-11(12-4-2-5-13(17)8-12)21-16-15(6-3-7-19-16)20-9-14(18)10-22/h2-8,11,14,20,22H,9-10,18H2,1H3. The molecule has 1 aromatic carbocycles. The molecule has 2 atom stereocenters. The minimum absolute atomic E-state index is 0.0262. The van der Waals surface area contributed by atoms with Gasteiger partial charge in [-0.3, -0.25) is 0 Å². The number of aromatic nitrogens is 1. The topological polar surface area (TPSA) is 60.2 Å². The Balaban J connectivity index is 2.08. The molecule has 0 fully saturated rings. The smallest absolute Gasteiger partial charge is 0.237 e. The van der Waals surface area contributed by atoms with E-state index < -0.39 is 0 Å². The van der Waals surface area contributed by atoms with E-state index in [4.69, 9.17) is 22.1 Å². The zero-order valence-corrected chi connectivity index (χ0v) is 14.0. The number of thiol groups is 1. The first kappa shape index (κ1) is 16.9. The molecule has 1 aromatic heterocycles. The Labute approximate surface area is 141 Å². The predicted molar refractivity (Wildman–Crippen MR) is 95.1 cm³/mol. The van der Waals surface area contributed by atoms with E-state index in [1.165, 1.54) is 0 Å². The molecule has 0 aliphatic rings. The maximum Gasteiger partial charge on any atom is 0.237 e. The van der Waals surface area contributed by atoms with Gasteiger partial charge in [-0.1, -0.05) is 23.7 Å². The van der Waals surface area contributed by atoms with Crippen molar-refractivity contribution in [3.8, 4) is 5.88 Å². The summed E-state index contributed by atoms with van der Waals surface area (Å²) in [5.41, 5.74) is 7.68. The van der Waals surface area contributed by atoms with Crippen LogP contribution in [0.5, 0.6) is 5.88 Å². The molecule has 0 aliphatic heterocycles. The normalized spacial score (nSPS) is 13.5. The fourth-order valence-electron chi connectivity index (χ4n) is 1.92. The molecule has 6 heteroatoms. The number of hydrogen-bond donors (Lipinski definition) is 3. The zero-order valence-electron chi connectivity index (χ0n) is 12.4. The number of hydrogen-bond acceptors (Lipinski definition) is 5.